The topological polar surface area (TPSA) is 70.5 Å². The molecule has 150 valence electrons. The van der Waals surface area contributed by atoms with E-state index in [9.17, 15) is 19.1 Å². The molecular formula is C24H19FN2O3. The lowest BCUT2D eigenvalue weighted by Crippen LogP contribution is -2.29. The molecule has 1 amide bonds. The highest BCUT2D eigenvalue weighted by Crippen LogP contribution is 2.41. The van der Waals surface area contributed by atoms with E-state index in [-0.39, 0.29) is 17.0 Å². The number of aromatic nitrogens is 1. The number of aryl methyl sites for hydroxylation is 2. The summed E-state index contributed by atoms with van der Waals surface area (Å²) in [5.41, 5.74) is 2.93. The summed E-state index contributed by atoms with van der Waals surface area (Å²) in [5, 5.41) is 11.1. The summed E-state index contributed by atoms with van der Waals surface area (Å²) in [6.45, 7) is 3.84. The average Bonchev–Trinajstić information content (AvgIpc) is 3.01. The van der Waals surface area contributed by atoms with E-state index in [0.717, 1.165) is 11.1 Å². The zero-order chi connectivity index (χ0) is 21.4. The third-order valence-corrected chi connectivity index (χ3v) is 5.28. The Kier molecular flexibility index (Phi) is 4.91. The molecule has 1 aliphatic heterocycles. The van der Waals surface area contributed by atoms with E-state index in [1.807, 2.05) is 19.9 Å². The number of halogens is 1. The molecular weight excluding hydrogens is 383 g/mol. The van der Waals surface area contributed by atoms with Crippen LogP contribution >= 0.6 is 0 Å². The molecule has 1 fully saturated rings. The summed E-state index contributed by atoms with van der Waals surface area (Å²) in [6, 6.07) is 14.9. The molecule has 1 N–H and O–H groups in total. The van der Waals surface area contributed by atoms with Crippen LogP contribution in [0.4, 0.5) is 10.1 Å². The number of Topliss-reactive ketones (excluding diaryl/α,β-unsaturated/α-hetero) is 1. The molecule has 3 aromatic rings. The number of pyridine rings is 1. The van der Waals surface area contributed by atoms with Crippen LogP contribution in [0.15, 0.2) is 72.4 Å². The smallest absolute Gasteiger partial charge is 0.300 e. The van der Waals surface area contributed by atoms with Gasteiger partial charge in [-0.2, -0.15) is 0 Å². The molecule has 4 rings (SSSR count). The Morgan fingerprint density at radius 2 is 1.80 bits per heavy atom. The number of anilines is 1. The molecule has 30 heavy (non-hydrogen) atoms. The van der Waals surface area contributed by atoms with Crippen molar-refractivity contribution in [2.45, 2.75) is 19.9 Å². The lowest BCUT2D eigenvalue weighted by molar-refractivity contribution is -0.132. The Morgan fingerprint density at radius 3 is 2.47 bits per heavy atom. The molecule has 0 saturated carbocycles. The van der Waals surface area contributed by atoms with Crippen molar-refractivity contribution in [3.8, 4) is 0 Å². The van der Waals surface area contributed by atoms with Crippen molar-refractivity contribution >= 4 is 23.1 Å². The van der Waals surface area contributed by atoms with Crippen molar-refractivity contribution in [3.05, 3.63) is 101 Å². The van der Waals surface area contributed by atoms with Crippen molar-refractivity contribution < 1.29 is 19.1 Å². The van der Waals surface area contributed by atoms with E-state index < -0.39 is 23.5 Å². The van der Waals surface area contributed by atoms with E-state index in [0.29, 0.717) is 11.3 Å². The van der Waals surface area contributed by atoms with Crippen molar-refractivity contribution in [3.63, 3.8) is 0 Å². The predicted octanol–water partition coefficient (Wildman–Crippen LogP) is 4.46. The third kappa shape index (κ3) is 3.26. The molecule has 0 aliphatic carbocycles. The van der Waals surface area contributed by atoms with Crippen molar-refractivity contribution in [1.82, 2.24) is 4.98 Å². The Morgan fingerprint density at radius 1 is 1.00 bits per heavy atom. The van der Waals surface area contributed by atoms with Gasteiger partial charge in [-0.1, -0.05) is 24.3 Å². The number of amides is 1. The normalized spacial score (nSPS) is 18.1. The highest BCUT2D eigenvalue weighted by molar-refractivity contribution is 6.51. The summed E-state index contributed by atoms with van der Waals surface area (Å²) in [6.07, 6.45) is 1.54. The Bertz CT molecular complexity index is 1190. The van der Waals surface area contributed by atoms with E-state index >= 15 is 0 Å². The molecule has 1 saturated heterocycles. The number of carbonyl (C=O) groups is 2. The summed E-state index contributed by atoms with van der Waals surface area (Å²) in [5.74, 6) is -2.51. The molecule has 0 radical (unpaired) electrons. The molecule has 1 atom stereocenters. The number of hydrogen-bond donors (Lipinski definition) is 1. The molecule has 1 aliphatic rings. The van der Waals surface area contributed by atoms with Gasteiger partial charge >= 0.3 is 0 Å². The number of nitrogens with zero attached hydrogens (tertiary/aromatic N) is 2. The van der Waals surface area contributed by atoms with Gasteiger partial charge in [0, 0.05) is 17.4 Å². The predicted molar refractivity (Wildman–Crippen MR) is 111 cm³/mol. The van der Waals surface area contributed by atoms with Crippen LogP contribution < -0.4 is 4.90 Å². The Hall–Kier alpha value is -3.80. The molecule has 0 bridgehead atoms. The van der Waals surface area contributed by atoms with E-state index in [1.54, 1.807) is 36.4 Å². The lowest BCUT2D eigenvalue weighted by Gasteiger charge is -2.24. The zero-order valence-corrected chi connectivity index (χ0v) is 16.5. The molecule has 6 heteroatoms. The lowest BCUT2D eigenvalue weighted by atomic mass is 9.96. The maximum atomic E-state index is 13.9. The second-order valence-electron chi connectivity index (χ2n) is 7.20. The minimum absolute atomic E-state index is 0.0776. The molecule has 2 heterocycles. The van der Waals surface area contributed by atoms with Crippen LogP contribution in [-0.2, 0) is 9.59 Å². The van der Waals surface area contributed by atoms with Gasteiger partial charge in [-0.3, -0.25) is 19.5 Å². The molecule has 0 spiro atoms. The molecule has 1 aromatic heterocycles. The largest absolute Gasteiger partial charge is 0.507 e. The van der Waals surface area contributed by atoms with Gasteiger partial charge in [-0.05, 0) is 61.4 Å². The Labute approximate surface area is 173 Å². The van der Waals surface area contributed by atoms with Gasteiger partial charge in [0.1, 0.15) is 17.6 Å². The molecule has 1 unspecified atom stereocenters. The van der Waals surface area contributed by atoms with Crippen LogP contribution in [0.2, 0.25) is 0 Å². The van der Waals surface area contributed by atoms with Crippen molar-refractivity contribution in [2.75, 3.05) is 4.90 Å². The first kappa shape index (κ1) is 19.5. The van der Waals surface area contributed by atoms with Gasteiger partial charge in [0.05, 0.1) is 11.3 Å². The number of rotatable bonds is 3. The van der Waals surface area contributed by atoms with E-state index in [1.165, 1.54) is 29.3 Å². The maximum Gasteiger partial charge on any atom is 0.300 e. The van der Waals surface area contributed by atoms with Gasteiger partial charge in [0.2, 0.25) is 0 Å². The zero-order valence-electron chi connectivity index (χ0n) is 16.5. The quantitative estimate of drug-likeness (QED) is 0.399. The summed E-state index contributed by atoms with van der Waals surface area (Å²) < 4.78 is 13.9. The van der Waals surface area contributed by atoms with Gasteiger partial charge in [0.15, 0.2) is 0 Å². The van der Waals surface area contributed by atoms with Gasteiger partial charge < -0.3 is 5.11 Å². The number of carbonyl (C=O) groups excluding carboxylic acids is 2. The van der Waals surface area contributed by atoms with Crippen molar-refractivity contribution in [2.24, 2.45) is 0 Å². The van der Waals surface area contributed by atoms with Gasteiger partial charge in [-0.25, -0.2) is 4.39 Å². The third-order valence-electron chi connectivity index (χ3n) is 5.28. The average molecular weight is 402 g/mol. The number of ketones is 1. The first-order valence-corrected chi connectivity index (χ1v) is 9.43. The van der Waals surface area contributed by atoms with Gasteiger partial charge in [0.25, 0.3) is 11.7 Å². The number of hydrogen-bond acceptors (Lipinski definition) is 4. The number of benzene rings is 2. The van der Waals surface area contributed by atoms with Crippen LogP contribution in [0.3, 0.4) is 0 Å². The number of aliphatic hydroxyl groups is 1. The van der Waals surface area contributed by atoms with Gasteiger partial charge in [-0.15, -0.1) is 0 Å². The minimum atomic E-state index is -0.977. The van der Waals surface area contributed by atoms with E-state index in [4.69, 9.17) is 0 Å². The van der Waals surface area contributed by atoms with Crippen LogP contribution in [0.25, 0.3) is 5.76 Å². The second kappa shape index (κ2) is 7.55. The monoisotopic (exact) mass is 402 g/mol. The first-order chi connectivity index (χ1) is 14.4. The SMILES string of the molecule is Cc1ccc(/C(O)=C2\C(=O)C(=O)N(c3cccc(F)c3)C2c2ccccn2)cc1C. The van der Waals surface area contributed by atoms with Crippen LogP contribution in [0.5, 0.6) is 0 Å². The van der Waals surface area contributed by atoms with Crippen LogP contribution in [-0.4, -0.2) is 21.8 Å². The molecule has 2 aromatic carbocycles. The highest BCUT2D eigenvalue weighted by Gasteiger charge is 2.47. The van der Waals surface area contributed by atoms with Crippen molar-refractivity contribution in [1.29, 1.82) is 0 Å². The van der Waals surface area contributed by atoms with Crippen LogP contribution in [0, 0.1) is 19.7 Å². The van der Waals surface area contributed by atoms with E-state index in [2.05, 4.69) is 4.98 Å². The summed E-state index contributed by atoms with van der Waals surface area (Å²) in [7, 11) is 0. The highest BCUT2D eigenvalue weighted by atomic mass is 19.1. The fraction of sp³-hybridized carbons (Fsp3) is 0.125. The molecule has 5 nitrogen and oxygen atoms in total. The van der Waals surface area contributed by atoms with Crippen LogP contribution in [0.1, 0.15) is 28.4 Å². The fourth-order valence-corrected chi connectivity index (χ4v) is 3.59. The second-order valence-corrected chi connectivity index (χ2v) is 7.20. The standard InChI is InChI=1S/C24H19FN2O3/c1-14-9-10-16(12-15(14)2)22(28)20-21(19-8-3-4-11-26-19)27(24(30)23(20)29)18-7-5-6-17(25)13-18/h3-13,21,28H,1-2H3/b22-20+. The Balaban J connectivity index is 1.95. The minimum Gasteiger partial charge on any atom is -0.507 e. The first-order valence-electron chi connectivity index (χ1n) is 9.43. The number of aliphatic hydroxyl groups excluding tert-OH is 1. The summed E-state index contributed by atoms with van der Waals surface area (Å²) in [4.78, 5) is 31.4. The fourth-order valence-electron chi connectivity index (χ4n) is 3.59. The maximum absolute atomic E-state index is 13.9. The summed E-state index contributed by atoms with van der Waals surface area (Å²) >= 11 is 0.